The minimum atomic E-state index is 0.0810. The van der Waals surface area contributed by atoms with Crippen LogP contribution >= 0.6 is 27.7 Å². The van der Waals surface area contributed by atoms with E-state index in [4.69, 9.17) is 0 Å². The predicted octanol–water partition coefficient (Wildman–Crippen LogP) is 3.30. The van der Waals surface area contributed by atoms with Gasteiger partial charge in [-0.25, -0.2) is 0 Å². The summed E-state index contributed by atoms with van der Waals surface area (Å²) < 4.78 is 0. The number of rotatable bonds is 3. The predicted molar refractivity (Wildman–Crippen MR) is 72.5 cm³/mol. The Balaban J connectivity index is 2.21. The van der Waals surface area contributed by atoms with E-state index >= 15 is 0 Å². The lowest BCUT2D eigenvalue weighted by molar-refractivity contribution is -0.118. The maximum Gasteiger partial charge on any atom is 0.240 e. The van der Waals surface area contributed by atoms with Crippen LogP contribution in [0.15, 0.2) is 29.2 Å². The third-order valence-corrected chi connectivity index (χ3v) is 4.58. The van der Waals surface area contributed by atoms with Crippen molar-refractivity contribution in [3.05, 3.63) is 24.3 Å². The summed E-state index contributed by atoms with van der Waals surface area (Å²) in [5, 5.41) is 1.04. The first kappa shape index (κ1) is 12.0. The average Bonchev–Trinajstić information content (AvgIpc) is 2.32. The maximum atomic E-state index is 12.1. The molecule has 0 N–H and O–H groups in total. The molecule has 0 saturated heterocycles. The van der Waals surface area contributed by atoms with Crippen molar-refractivity contribution >= 4 is 39.3 Å². The van der Waals surface area contributed by atoms with Crippen molar-refractivity contribution in [2.24, 2.45) is 0 Å². The van der Waals surface area contributed by atoms with Crippen molar-refractivity contribution in [2.75, 3.05) is 17.3 Å². The van der Waals surface area contributed by atoms with Crippen LogP contribution in [0.1, 0.15) is 12.8 Å². The molecule has 0 fully saturated rings. The number of thioether (sulfide) groups is 1. The van der Waals surface area contributed by atoms with Crippen LogP contribution < -0.4 is 4.90 Å². The van der Waals surface area contributed by atoms with Crippen LogP contribution in [0.2, 0.25) is 0 Å². The fraction of sp³-hybridized carbons (Fsp3) is 0.417. The van der Waals surface area contributed by atoms with Crippen LogP contribution in [0, 0.1) is 0 Å². The zero-order chi connectivity index (χ0) is 11.5. The van der Waals surface area contributed by atoms with Gasteiger partial charge >= 0.3 is 0 Å². The molecule has 1 atom stereocenters. The number of halogens is 1. The molecule has 0 bridgehead atoms. The second-order valence-electron chi connectivity index (χ2n) is 3.80. The number of anilines is 1. The molecule has 0 saturated carbocycles. The minimum absolute atomic E-state index is 0.0810. The van der Waals surface area contributed by atoms with Crippen LogP contribution in [0.25, 0.3) is 0 Å². The second-order valence-corrected chi connectivity index (χ2v) is 5.84. The second kappa shape index (κ2) is 5.23. The van der Waals surface area contributed by atoms with Gasteiger partial charge in [0, 0.05) is 17.3 Å². The van der Waals surface area contributed by atoms with Gasteiger partial charge < -0.3 is 4.90 Å². The molecule has 1 heterocycles. The molecule has 1 aliphatic rings. The van der Waals surface area contributed by atoms with E-state index in [-0.39, 0.29) is 11.2 Å². The number of carbonyl (C=O) groups excluding carboxylic acids is 1. The lowest BCUT2D eigenvalue weighted by atomic mass is 10.2. The highest BCUT2D eigenvalue weighted by Gasteiger charge is 2.30. The summed E-state index contributed by atoms with van der Waals surface area (Å²) in [5.74, 6) is 0.227. The first-order chi connectivity index (χ1) is 7.74. The van der Waals surface area contributed by atoms with Crippen LogP contribution in [-0.2, 0) is 4.79 Å². The van der Waals surface area contributed by atoms with Gasteiger partial charge in [0.2, 0.25) is 5.91 Å². The Labute approximate surface area is 109 Å². The molecule has 1 unspecified atom stereocenters. The molecule has 1 amide bonds. The number of carbonyl (C=O) groups is 1. The van der Waals surface area contributed by atoms with Gasteiger partial charge in [-0.2, -0.15) is 0 Å². The first-order valence-electron chi connectivity index (χ1n) is 5.33. The molecule has 1 aromatic carbocycles. The van der Waals surface area contributed by atoms with Crippen molar-refractivity contribution in [1.29, 1.82) is 0 Å². The van der Waals surface area contributed by atoms with E-state index in [2.05, 4.69) is 22.0 Å². The van der Waals surface area contributed by atoms with Gasteiger partial charge in [0.15, 0.2) is 0 Å². The van der Waals surface area contributed by atoms with Gasteiger partial charge in [0.25, 0.3) is 0 Å². The fourth-order valence-electron chi connectivity index (χ4n) is 1.82. The molecule has 1 aliphatic heterocycles. The Morgan fingerprint density at radius 3 is 2.94 bits per heavy atom. The van der Waals surface area contributed by atoms with E-state index in [0.29, 0.717) is 0 Å². The van der Waals surface area contributed by atoms with Crippen molar-refractivity contribution in [2.45, 2.75) is 23.0 Å². The monoisotopic (exact) mass is 299 g/mol. The molecule has 16 heavy (non-hydrogen) atoms. The number of hydrogen-bond donors (Lipinski definition) is 0. The number of nitrogens with zero attached hydrogens (tertiary/aromatic N) is 1. The van der Waals surface area contributed by atoms with Crippen molar-refractivity contribution in [1.82, 2.24) is 0 Å². The molecule has 0 aliphatic carbocycles. The molecule has 0 radical (unpaired) electrons. The normalized spacial score (nSPS) is 19.8. The summed E-state index contributed by atoms with van der Waals surface area (Å²) in [6.07, 6.45) is 1.98. The van der Waals surface area contributed by atoms with Gasteiger partial charge in [-0.15, -0.1) is 11.8 Å². The highest BCUT2D eigenvalue weighted by atomic mass is 79.9. The zero-order valence-corrected chi connectivity index (χ0v) is 11.6. The minimum Gasteiger partial charge on any atom is -0.313 e. The van der Waals surface area contributed by atoms with E-state index in [1.165, 1.54) is 4.90 Å². The lowest BCUT2D eigenvalue weighted by Gasteiger charge is -2.30. The third kappa shape index (κ3) is 2.28. The molecule has 0 aromatic heterocycles. The Morgan fingerprint density at radius 1 is 1.44 bits per heavy atom. The summed E-state index contributed by atoms with van der Waals surface area (Å²) in [5.41, 5.74) is 1.03. The molecule has 0 spiro atoms. The number of hydrogen-bond acceptors (Lipinski definition) is 2. The average molecular weight is 300 g/mol. The SMILES string of the molecule is CN1C(=O)C(CCCBr)Sc2ccccc21. The smallest absolute Gasteiger partial charge is 0.240 e. The zero-order valence-electron chi connectivity index (χ0n) is 9.15. The standard InChI is InChI=1S/C12H14BrNOS/c1-14-9-5-2-3-6-10(9)16-11(12(14)15)7-4-8-13/h2-3,5-6,11H,4,7-8H2,1H3. The number of benzene rings is 1. The highest BCUT2D eigenvalue weighted by molar-refractivity contribution is 9.09. The van der Waals surface area contributed by atoms with E-state index in [0.717, 1.165) is 23.9 Å². The number of fused-ring (bicyclic) bond motifs is 1. The van der Waals surface area contributed by atoms with Crippen molar-refractivity contribution < 1.29 is 4.79 Å². The van der Waals surface area contributed by atoms with Crippen molar-refractivity contribution in [3.63, 3.8) is 0 Å². The van der Waals surface area contributed by atoms with E-state index in [1.807, 2.05) is 25.2 Å². The number of para-hydroxylation sites is 1. The van der Waals surface area contributed by atoms with Gasteiger partial charge in [0.05, 0.1) is 10.9 Å². The fourth-order valence-corrected chi connectivity index (χ4v) is 3.47. The van der Waals surface area contributed by atoms with Crippen molar-refractivity contribution in [3.8, 4) is 0 Å². The van der Waals surface area contributed by atoms with Crippen LogP contribution in [0.4, 0.5) is 5.69 Å². The molecular weight excluding hydrogens is 286 g/mol. The van der Waals surface area contributed by atoms with Crippen LogP contribution in [0.5, 0.6) is 0 Å². The Kier molecular flexibility index (Phi) is 3.92. The summed E-state index contributed by atoms with van der Waals surface area (Å²) in [6, 6.07) is 8.09. The van der Waals surface area contributed by atoms with Gasteiger partial charge in [-0.3, -0.25) is 4.79 Å². The number of amides is 1. The summed E-state index contributed by atoms with van der Waals surface area (Å²) in [6.45, 7) is 0. The molecule has 1 aromatic rings. The molecule has 2 rings (SSSR count). The Hall–Kier alpha value is -0.480. The van der Waals surface area contributed by atoms with Gasteiger partial charge in [-0.05, 0) is 25.0 Å². The first-order valence-corrected chi connectivity index (χ1v) is 7.33. The lowest BCUT2D eigenvalue weighted by Crippen LogP contribution is -2.38. The van der Waals surface area contributed by atoms with Gasteiger partial charge in [-0.1, -0.05) is 28.1 Å². The van der Waals surface area contributed by atoms with Crippen LogP contribution in [0.3, 0.4) is 0 Å². The number of alkyl halides is 1. The van der Waals surface area contributed by atoms with Gasteiger partial charge in [0.1, 0.15) is 0 Å². The third-order valence-electron chi connectivity index (χ3n) is 2.70. The Bertz CT molecular complexity index is 396. The summed E-state index contributed by atoms with van der Waals surface area (Å²) in [7, 11) is 1.86. The highest BCUT2D eigenvalue weighted by Crippen LogP contribution is 2.39. The van der Waals surface area contributed by atoms with E-state index in [1.54, 1.807) is 16.7 Å². The largest absolute Gasteiger partial charge is 0.313 e. The quantitative estimate of drug-likeness (QED) is 0.798. The van der Waals surface area contributed by atoms with Crippen LogP contribution in [-0.4, -0.2) is 23.5 Å². The maximum absolute atomic E-state index is 12.1. The molecule has 4 heteroatoms. The molecular formula is C12H14BrNOS. The van der Waals surface area contributed by atoms with E-state index < -0.39 is 0 Å². The summed E-state index contributed by atoms with van der Waals surface area (Å²) >= 11 is 5.11. The topological polar surface area (TPSA) is 20.3 Å². The van der Waals surface area contributed by atoms with E-state index in [9.17, 15) is 4.79 Å². The summed E-state index contributed by atoms with van der Waals surface area (Å²) in [4.78, 5) is 15.1. The molecule has 86 valence electrons. The Morgan fingerprint density at radius 2 is 2.19 bits per heavy atom. The molecule has 2 nitrogen and oxygen atoms in total.